The minimum absolute atomic E-state index is 0. The van der Waals surface area contributed by atoms with Crippen molar-refractivity contribution in [3.8, 4) is 12.3 Å². The number of terminal acetylenes is 1. The summed E-state index contributed by atoms with van der Waals surface area (Å²) in [5.74, 6) is 2.25. The highest BCUT2D eigenvalue weighted by Gasteiger charge is 1.51. The Bertz CT molecular complexity index is 80.1. The van der Waals surface area contributed by atoms with E-state index < -0.39 is 0 Å². The third-order valence-corrected chi connectivity index (χ3v) is 0.816. The molecule has 0 heterocycles. The number of rotatable bonds is 1. The molecular weight excluding hydrogens is 172 g/mol. The molecule has 0 atom stereocenters. The lowest BCUT2D eigenvalue weighted by Gasteiger charge is -1.66. The van der Waals surface area contributed by atoms with Crippen LogP contribution in [0.1, 0.15) is 21.3 Å². The lowest BCUT2D eigenvalue weighted by Crippen LogP contribution is -1.34. The Morgan fingerprint density at radius 2 is 1.73 bits per heavy atom. The summed E-state index contributed by atoms with van der Waals surface area (Å²) < 4.78 is 0. The summed E-state index contributed by atoms with van der Waals surface area (Å²) in [7, 11) is 0. The number of thioether (sulfide) groups is 1. The fraction of sp³-hybridized carbons (Fsp3) is 0.556. The molecule has 68 valence electrons. The molecule has 0 aliphatic heterocycles. The van der Waals surface area contributed by atoms with Gasteiger partial charge >= 0.3 is 0 Å². The van der Waals surface area contributed by atoms with Crippen LogP contribution in [-0.2, 0) is 0 Å². The van der Waals surface area contributed by atoms with Crippen LogP contribution >= 0.6 is 24.4 Å². The van der Waals surface area contributed by atoms with Crippen molar-refractivity contribution >= 4 is 24.4 Å². The maximum absolute atomic E-state index is 4.60. The van der Waals surface area contributed by atoms with Crippen molar-refractivity contribution in [3.63, 3.8) is 0 Å². The molecule has 0 saturated carbocycles. The van der Waals surface area contributed by atoms with E-state index in [0.29, 0.717) is 0 Å². The molecule has 0 aliphatic carbocycles. The zero-order chi connectivity index (χ0) is 8.83. The SMILES string of the molecule is C.C#CC.CC=CSC.CS. The van der Waals surface area contributed by atoms with Gasteiger partial charge in [0, 0.05) is 0 Å². The van der Waals surface area contributed by atoms with Gasteiger partial charge in [0.25, 0.3) is 0 Å². The Morgan fingerprint density at radius 1 is 1.45 bits per heavy atom. The van der Waals surface area contributed by atoms with Crippen molar-refractivity contribution in [1.29, 1.82) is 0 Å². The number of thiol groups is 1. The van der Waals surface area contributed by atoms with Crippen LogP contribution in [0.3, 0.4) is 0 Å². The zero-order valence-corrected chi connectivity index (χ0v) is 8.80. The summed E-state index contributed by atoms with van der Waals surface area (Å²) in [4.78, 5) is 0. The van der Waals surface area contributed by atoms with Crippen LogP contribution in [0, 0.1) is 12.3 Å². The Kier molecular flexibility index (Phi) is 103. The molecule has 0 amide bonds. The third-order valence-electron chi connectivity index (χ3n) is 0.272. The molecule has 0 aliphatic rings. The molecule has 0 aromatic heterocycles. The maximum atomic E-state index is 4.60. The van der Waals surface area contributed by atoms with Crippen molar-refractivity contribution in [1.82, 2.24) is 0 Å². The van der Waals surface area contributed by atoms with Gasteiger partial charge in [0.1, 0.15) is 0 Å². The van der Waals surface area contributed by atoms with Gasteiger partial charge in [-0.2, -0.15) is 12.6 Å². The maximum Gasteiger partial charge on any atom is -0.00297 e. The summed E-state index contributed by atoms with van der Waals surface area (Å²) in [6.07, 6.45) is 10.4. The van der Waals surface area contributed by atoms with Gasteiger partial charge in [-0.15, -0.1) is 24.1 Å². The first-order valence-corrected chi connectivity index (χ1v) is 4.97. The van der Waals surface area contributed by atoms with Crippen LogP contribution in [0.25, 0.3) is 0 Å². The molecule has 0 bridgehead atoms. The Morgan fingerprint density at radius 3 is 1.73 bits per heavy atom. The van der Waals surface area contributed by atoms with Crippen LogP contribution in [-0.4, -0.2) is 12.5 Å². The molecule has 0 spiro atoms. The summed E-state index contributed by atoms with van der Waals surface area (Å²) in [6, 6.07) is 0. The standard InChI is InChI=1S/C4H8S.C3H4.CH4S.CH4/c1-3-4-5-2;1-3-2;1-2;/h3-4H,1-2H3;1H,2H3;2H,1H3;1H4. The van der Waals surface area contributed by atoms with Gasteiger partial charge in [-0.1, -0.05) is 13.5 Å². The second-order valence-electron chi connectivity index (χ2n) is 0.994. The number of allylic oxidation sites excluding steroid dienone is 1. The van der Waals surface area contributed by atoms with Crippen molar-refractivity contribution in [2.24, 2.45) is 0 Å². The van der Waals surface area contributed by atoms with Crippen molar-refractivity contribution in [3.05, 3.63) is 11.5 Å². The summed E-state index contributed by atoms with van der Waals surface area (Å²) in [5.41, 5.74) is 0. The van der Waals surface area contributed by atoms with Gasteiger partial charge in [-0.25, -0.2) is 0 Å². The Labute approximate surface area is 82.3 Å². The van der Waals surface area contributed by atoms with Crippen LogP contribution in [0.15, 0.2) is 11.5 Å². The normalized spacial score (nSPS) is 5.82. The van der Waals surface area contributed by atoms with Gasteiger partial charge in [0.15, 0.2) is 0 Å². The highest BCUT2D eigenvalue weighted by Crippen LogP contribution is 1.89. The summed E-state index contributed by atoms with van der Waals surface area (Å²) >= 11 is 5.25. The Hall–Kier alpha value is -0.000000000000000111. The van der Waals surface area contributed by atoms with Gasteiger partial charge in [0.2, 0.25) is 0 Å². The monoisotopic (exact) mass is 192 g/mol. The molecular formula is C9H20S2. The first-order chi connectivity index (χ1) is 4.83. The molecule has 0 N–H and O–H groups in total. The van der Waals surface area contributed by atoms with E-state index in [2.05, 4.69) is 25.0 Å². The molecule has 0 unspecified atom stereocenters. The topological polar surface area (TPSA) is 0 Å². The van der Waals surface area contributed by atoms with E-state index in [9.17, 15) is 0 Å². The molecule has 2 heteroatoms. The number of hydrogen-bond donors (Lipinski definition) is 1. The van der Waals surface area contributed by atoms with Crippen LogP contribution in [0.2, 0.25) is 0 Å². The fourth-order valence-electron chi connectivity index (χ4n) is 0.136. The van der Waals surface area contributed by atoms with E-state index in [1.807, 2.05) is 24.7 Å². The quantitative estimate of drug-likeness (QED) is 0.488. The smallest absolute Gasteiger partial charge is 0.00297 e. The molecule has 0 saturated heterocycles. The van der Waals surface area contributed by atoms with Gasteiger partial charge in [-0.3, -0.25) is 0 Å². The first-order valence-electron chi connectivity index (χ1n) is 2.79. The van der Waals surface area contributed by atoms with E-state index in [1.165, 1.54) is 0 Å². The van der Waals surface area contributed by atoms with E-state index in [-0.39, 0.29) is 7.43 Å². The number of hydrogen-bond acceptors (Lipinski definition) is 2. The van der Waals surface area contributed by atoms with Crippen molar-refractivity contribution in [2.45, 2.75) is 21.3 Å². The zero-order valence-electron chi connectivity index (χ0n) is 7.09. The fourth-order valence-corrected chi connectivity index (χ4v) is 0.408. The molecule has 0 nitrogen and oxygen atoms in total. The van der Waals surface area contributed by atoms with E-state index in [0.717, 1.165) is 0 Å². The van der Waals surface area contributed by atoms with Gasteiger partial charge < -0.3 is 0 Å². The van der Waals surface area contributed by atoms with E-state index >= 15 is 0 Å². The van der Waals surface area contributed by atoms with Gasteiger partial charge in [-0.05, 0) is 31.8 Å². The third kappa shape index (κ3) is 160. The molecule has 0 radical (unpaired) electrons. The average molecular weight is 192 g/mol. The van der Waals surface area contributed by atoms with E-state index in [4.69, 9.17) is 0 Å². The highest BCUT2D eigenvalue weighted by molar-refractivity contribution is 8.01. The van der Waals surface area contributed by atoms with Crippen LogP contribution in [0.5, 0.6) is 0 Å². The Balaban J connectivity index is -0.0000000360. The second kappa shape index (κ2) is 50.6. The minimum Gasteiger partial charge on any atom is -0.183 e. The lowest BCUT2D eigenvalue weighted by molar-refractivity contribution is 1.79. The second-order valence-corrected chi connectivity index (χ2v) is 1.74. The molecule has 11 heavy (non-hydrogen) atoms. The van der Waals surface area contributed by atoms with Crippen molar-refractivity contribution in [2.75, 3.05) is 12.5 Å². The van der Waals surface area contributed by atoms with Gasteiger partial charge in [0.05, 0.1) is 0 Å². The predicted octanol–water partition coefficient (Wildman–Crippen LogP) is 3.70. The summed E-state index contributed by atoms with van der Waals surface area (Å²) in [6.45, 7) is 3.66. The average Bonchev–Trinajstić information content (AvgIpc) is 1.96. The van der Waals surface area contributed by atoms with Crippen molar-refractivity contribution < 1.29 is 0 Å². The van der Waals surface area contributed by atoms with Crippen LogP contribution in [0.4, 0.5) is 0 Å². The molecule has 0 rings (SSSR count). The largest absolute Gasteiger partial charge is 0.183 e. The minimum atomic E-state index is 0. The first kappa shape index (κ1) is 22.4. The molecule has 0 fully saturated rings. The highest BCUT2D eigenvalue weighted by atomic mass is 32.2. The molecule has 0 aromatic carbocycles. The lowest BCUT2D eigenvalue weighted by atomic mass is 10.8. The predicted molar refractivity (Wildman–Crippen MR) is 64.5 cm³/mol. The van der Waals surface area contributed by atoms with Crippen LogP contribution < -0.4 is 0 Å². The van der Waals surface area contributed by atoms with E-state index in [1.54, 1.807) is 24.9 Å². The summed E-state index contributed by atoms with van der Waals surface area (Å²) in [5, 5.41) is 2.04. The molecule has 0 aromatic rings.